The average Bonchev–Trinajstić information content (AvgIpc) is 3.29. The first-order valence-corrected chi connectivity index (χ1v) is 10.3. The monoisotopic (exact) mass is 436 g/mol. The minimum atomic E-state index is -0.222. The molecule has 0 spiro atoms. The Morgan fingerprint density at radius 2 is 2.00 bits per heavy atom. The molecule has 0 aliphatic rings. The van der Waals surface area contributed by atoms with Gasteiger partial charge in [-0.15, -0.1) is 6.58 Å². The molecule has 28 heavy (non-hydrogen) atoms. The number of anilines is 1. The third kappa shape index (κ3) is 4.18. The van der Waals surface area contributed by atoms with Crippen LogP contribution in [0.3, 0.4) is 0 Å². The average molecular weight is 437 g/mol. The van der Waals surface area contributed by atoms with Crippen LogP contribution in [0.4, 0.5) is 5.13 Å². The number of carbonyl (C=O) groups excluding carboxylic acids is 1. The fourth-order valence-electron chi connectivity index (χ4n) is 2.68. The minimum Gasteiger partial charge on any atom is -0.300 e. The van der Waals surface area contributed by atoms with Crippen LogP contribution in [-0.4, -0.2) is 40.4 Å². The smallest absolute Gasteiger partial charge is 0.246 e. The lowest BCUT2D eigenvalue weighted by atomic mass is 10.3. The first kappa shape index (κ1) is 20.3. The van der Waals surface area contributed by atoms with Crippen LogP contribution in [0.25, 0.3) is 10.7 Å². The van der Waals surface area contributed by atoms with E-state index in [2.05, 4.69) is 37.3 Å². The van der Waals surface area contributed by atoms with Crippen LogP contribution >= 0.6 is 35.8 Å². The van der Waals surface area contributed by atoms with E-state index in [1.165, 1.54) is 11.3 Å². The Hall–Kier alpha value is -2.44. The summed E-state index contributed by atoms with van der Waals surface area (Å²) in [6.07, 6.45) is 3.40. The maximum atomic E-state index is 12.5. The number of H-pyrrole nitrogens is 2. The molecule has 0 aliphatic carbocycles. The van der Waals surface area contributed by atoms with E-state index in [1.54, 1.807) is 10.6 Å². The van der Waals surface area contributed by atoms with Gasteiger partial charge in [-0.2, -0.15) is 10.2 Å². The van der Waals surface area contributed by atoms with Crippen LogP contribution in [0.2, 0.25) is 0 Å². The molecule has 148 valence electrons. The zero-order chi connectivity index (χ0) is 20.3. The fourth-order valence-corrected chi connectivity index (χ4v) is 4.08. The van der Waals surface area contributed by atoms with Crippen molar-refractivity contribution in [3.05, 3.63) is 33.7 Å². The van der Waals surface area contributed by atoms with Crippen molar-refractivity contribution in [2.24, 2.45) is 0 Å². The summed E-state index contributed by atoms with van der Waals surface area (Å²) in [6, 6.07) is 0. The molecule has 3 N–H and O–H groups in total. The molecule has 12 heteroatoms. The van der Waals surface area contributed by atoms with Crippen molar-refractivity contribution in [2.45, 2.75) is 39.8 Å². The van der Waals surface area contributed by atoms with E-state index >= 15 is 0 Å². The van der Waals surface area contributed by atoms with Crippen molar-refractivity contribution < 1.29 is 4.79 Å². The molecular formula is C16H20N8OS3. The molecule has 0 aliphatic heterocycles. The van der Waals surface area contributed by atoms with E-state index in [9.17, 15) is 4.79 Å². The maximum absolute atomic E-state index is 12.5. The summed E-state index contributed by atoms with van der Waals surface area (Å²) in [4.78, 5) is 17.8. The van der Waals surface area contributed by atoms with Gasteiger partial charge in [0.15, 0.2) is 20.5 Å². The molecule has 0 aromatic carbocycles. The number of aryl methyl sites for hydroxylation is 2. The number of rotatable bonds is 8. The van der Waals surface area contributed by atoms with Gasteiger partial charge >= 0.3 is 0 Å². The van der Waals surface area contributed by atoms with E-state index in [-0.39, 0.29) is 12.5 Å². The highest BCUT2D eigenvalue weighted by Crippen LogP contribution is 2.31. The molecule has 0 radical (unpaired) electrons. The predicted octanol–water partition coefficient (Wildman–Crippen LogP) is 3.40. The van der Waals surface area contributed by atoms with Gasteiger partial charge in [-0.05, 0) is 37.8 Å². The van der Waals surface area contributed by atoms with Crippen LogP contribution in [0.5, 0.6) is 0 Å². The Labute approximate surface area is 175 Å². The van der Waals surface area contributed by atoms with Gasteiger partial charge < -0.3 is 5.32 Å². The number of allylic oxidation sites excluding steroid dienone is 1. The molecule has 3 aromatic rings. The van der Waals surface area contributed by atoms with Gasteiger partial charge in [-0.25, -0.2) is 4.98 Å². The Balaban J connectivity index is 1.80. The normalized spacial score (nSPS) is 10.9. The number of hydrogen-bond donors (Lipinski definition) is 3. The largest absolute Gasteiger partial charge is 0.300 e. The third-order valence-electron chi connectivity index (χ3n) is 3.93. The highest BCUT2D eigenvalue weighted by Gasteiger charge is 2.18. The number of nitrogens with zero attached hydrogens (tertiary/aromatic N) is 5. The topological polar surface area (TPSA) is 109 Å². The SMILES string of the molecule is C=CCn1c(-c2sc(NC(=O)Cn3c(CCC)n[nH]c3=S)nc2C)n[nH]c1=S. The summed E-state index contributed by atoms with van der Waals surface area (Å²) in [7, 11) is 0. The molecule has 9 nitrogen and oxygen atoms in total. The summed E-state index contributed by atoms with van der Waals surface area (Å²) in [5.41, 5.74) is 0.756. The second-order valence-electron chi connectivity index (χ2n) is 6.01. The van der Waals surface area contributed by atoms with Crippen LogP contribution < -0.4 is 5.32 Å². The molecule has 0 saturated heterocycles. The highest BCUT2D eigenvalue weighted by molar-refractivity contribution is 7.71. The Bertz CT molecular complexity index is 1120. The van der Waals surface area contributed by atoms with Crippen LogP contribution in [-0.2, 0) is 24.3 Å². The van der Waals surface area contributed by atoms with Gasteiger partial charge in [0.05, 0.1) is 10.6 Å². The molecule has 0 fully saturated rings. The number of aromatic nitrogens is 7. The Kier molecular flexibility index (Phi) is 6.31. The van der Waals surface area contributed by atoms with Crippen molar-refractivity contribution in [3.63, 3.8) is 0 Å². The molecule has 0 atom stereocenters. The first-order valence-electron chi connectivity index (χ1n) is 8.62. The summed E-state index contributed by atoms with van der Waals surface area (Å²) in [5.74, 6) is 1.21. The second kappa shape index (κ2) is 8.71. The zero-order valence-corrected chi connectivity index (χ0v) is 17.9. The van der Waals surface area contributed by atoms with Crippen molar-refractivity contribution in [1.82, 2.24) is 34.5 Å². The molecule has 3 aromatic heterocycles. The maximum Gasteiger partial charge on any atom is 0.246 e. The molecule has 0 saturated carbocycles. The lowest BCUT2D eigenvalue weighted by Gasteiger charge is -2.05. The van der Waals surface area contributed by atoms with E-state index in [0.29, 0.717) is 27.0 Å². The van der Waals surface area contributed by atoms with Crippen molar-refractivity contribution in [1.29, 1.82) is 0 Å². The van der Waals surface area contributed by atoms with E-state index in [0.717, 1.165) is 29.2 Å². The molecule has 3 rings (SSSR count). The summed E-state index contributed by atoms with van der Waals surface area (Å²) in [5, 5.41) is 17.3. The van der Waals surface area contributed by atoms with Crippen molar-refractivity contribution in [3.8, 4) is 10.7 Å². The summed E-state index contributed by atoms with van der Waals surface area (Å²) < 4.78 is 4.46. The number of carbonyl (C=O) groups is 1. The van der Waals surface area contributed by atoms with Gasteiger partial charge in [0.1, 0.15) is 12.4 Å². The fraction of sp³-hybridized carbons (Fsp3) is 0.375. The lowest BCUT2D eigenvalue weighted by Crippen LogP contribution is -2.20. The Morgan fingerprint density at radius 3 is 2.71 bits per heavy atom. The lowest BCUT2D eigenvalue weighted by molar-refractivity contribution is -0.116. The number of nitrogens with one attached hydrogen (secondary N) is 3. The molecule has 1 amide bonds. The van der Waals surface area contributed by atoms with Gasteiger partial charge in [0, 0.05) is 13.0 Å². The zero-order valence-electron chi connectivity index (χ0n) is 15.5. The van der Waals surface area contributed by atoms with Crippen LogP contribution in [0.1, 0.15) is 24.9 Å². The van der Waals surface area contributed by atoms with Crippen molar-refractivity contribution >= 4 is 46.8 Å². The van der Waals surface area contributed by atoms with Crippen LogP contribution in [0, 0.1) is 16.5 Å². The number of thiazole rings is 1. The quantitative estimate of drug-likeness (QED) is 0.369. The Morgan fingerprint density at radius 1 is 1.29 bits per heavy atom. The summed E-state index contributed by atoms with van der Waals surface area (Å²) >= 11 is 11.8. The van der Waals surface area contributed by atoms with E-state index in [1.807, 2.05) is 18.4 Å². The number of amides is 1. The van der Waals surface area contributed by atoms with Gasteiger partial charge in [-0.3, -0.25) is 24.1 Å². The van der Waals surface area contributed by atoms with E-state index < -0.39 is 0 Å². The predicted molar refractivity (Wildman–Crippen MR) is 113 cm³/mol. The highest BCUT2D eigenvalue weighted by atomic mass is 32.1. The standard InChI is InChI=1S/C16H20N8OS3/c1-4-6-10-19-21-16(27)24(10)8-11(25)18-14-17-9(3)12(28-14)13-20-22-15(26)23(13)7-5-2/h5H,2,4,6-8H2,1,3H3,(H,21,27)(H,22,26)(H,17,18,25). The van der Waals surface area contributed by atoms with Gasteiger partial charge in [0.2, 0.25) is 5.91 Å². The summed E-state index contributed by atoms with van der Waals surface area (Å²) in [6.45, 7) is 8.26. The van der Waals surface area contributed by atoms with Gasteiger partial charge in [-0.1, -0.05) is 24.3 Å². The van der Waals surface area contributed by atoms with Crippen LogP contribution in [0.15, 0.2) is 12.7 Å². The molecular weight excluding hydrogens is 416 g/mol. The first-order chi connectivity index (χ1) is 13.4. The van der Waals surface area contributed by atoms with E-state index in [4.69, 9.17) is 24.4 Å². The number of aromatic amines is 2. The molecule has 0 unspecified atom stereocenters. The third-order valence-corrected chi connectivity index (χ3v) is 5.62. The molecule has 0 bridgehead atoms. The van der Waals surface area contributed by atoms with Gasteiger partial charge in [0.25, 0.3) is 0 Å². The number of hydrogen-bond acceptors (Lipinski definition) is 7. The minimum absolute atomic E-state index is 0.0772. The van der Waals surface area contributed by atoms with Crippen molar-refractivity contribution in [2.75, 3.05) is 5.32 Å². The second-order valence-corrected chi connectivity index (χ2v) is 7.79. The molecule has 3 heterocycles.